The lowest BCUT2D eigenvalue weighted by atomic mass is 10.2. The van der Waals surface area contributed by atoms with Crippen molar-refractivity contribution in [2.45, 2.75) is 25.3 Å². The molecule has 0 radical (unpaired) electrons. The summed E-state index contributed by atoms with van der Waals surface area (Å²) in [5.41, 5.74) is 0. The van der Waals surface area contributed by atoms with E-state index in [4.69, 9.17) is 5.11 Å². The molecular weight excluding hydrogens is 196 g/mol. The maximum atomic E-state index is 11.7. The highest BCUT2D eigenvalue weighted by Crippen LogP contribution is 2.18. The van der Waals surface area contributed by atoms with E-state index in [-0.39, 0.29) is 5.91 Å². The molecular formula is C10H18N2O3. The van der Waals surface area contributed by atoms with Gasteiger partial charge in [-0.05, 0) is 26.9 Å². The highest BCUT2D eigenvalue weighted by Gasteiger charge is 2.33. The minimum atomic E-state index is -0.884. The van der Waals surface area contributed by atoms with Crippen LogP contribution in [0.2, 0.25) is 0 Å². The first-order valence-corrected chi connectivity index (χ1v) is 5.19. The molecule has 0 unspecified atom stereocenters. The fourth-order valence-corrected chi connectivity index (χ4v) is 1.78. The zero-order chi connectivity index (χ0) is 11.4. The Labute approximate surface area is 89.7 Å². The van der Waals surface area contributed by atoms with E-state index in [1.165, 1.54) is 4.90 Å². The molecule has 1 rings (SSSR count). The van der Waals surface area contributed by atoms with E-state index in [9.17, 15) is 9.59 Å². The summed E-state index contributed by atoms with van der Waals surface area (Å²) in [6.07, 6.45) is 1.78. The summed E-state index contributed by atoms with van der Waals surface area (Å²) in [5.74, 6) is -0.931. The molecule has 0 aromatic rings. The minimum absolute atomic E-state index is 0.0476. The molecule has 0 bridgehead atoms. The molecule has 1 heterocycles. The summed E-state index contributed by atoms with van der Waals surface area (Å²) in [4.78, 5) is 26.0. The van der Waals surface area contributed by atoms with E-state index >= 15 is 0 Å². The van der Waals surface area contributed by atoms with Crippen LogP contribution in [0.15, 0.2) is 0 Å². The predicted molar refractivity (Wildman–Crippen MR) is 55.5 cm³/mol. The van der Waals surface area contributed by atoms with Crippen LogP contribution < -0.4 is 0 Å². The fraction of sp³-hybridized carbons (Fsp3) is 0.800. The smallest absolute Gasteiger partial charge is 0.326 e. The first-order valence-electron chi connectivity index (χ1n) is 5.19. The van der Waals surface area contributed by atoms with Gasteiger partial charge in [0.25, 0.3) is 0 Å². The molecule has 0 aliphatic carbocycles. The van der Waals surface area contributed by atoms with E-state index in [2.05, 4.69) is 0 Å². The molecule has 0 spiro atoms. The van der Waals surface area contributed by atoms with Crippen molar-refractivity contribution in [3.63, 3.8) is 0 Å². The monoisotopic (exact) mass is 214 g/mol. The average molecular weight is 214 g/mol. The van der Waals surface area contributed by atoms with E-state index in [1.807, 2.05) is 19.0 Å². The Bertz CT molecular complexity index is 253. The molecule has 15 heavy (non-hydrogen) atoms. The highest BCUT2D eigenvalue weighted by atomic mass is 16.4. The number of nitrogens with zero attached hydrogens (tertiary/aromatic N) is 2. The van der Waals surface area contributed by atoms with Gasteiger partial charge in [-0.1, -0.05) is 0 Å². The topological polar surface area (TPSA) is 60.9 Å². The summed E-state index contributed by atoms with van der Waals surface area (Å²) in [5, 5.41) is 8.91. The number of amides is 1. The van der Waals surface area contributed by atoms with Gasteiger partial charge in [0, 0.05) is 19.5 Å². The van der Waals surface area contributed by atoms with Crippen LogP contribution in [0.1, 0.15) is 19.3 Å². The van der Waals surface area contributed by atoms with E-state index in [0.29, 0.717) is 25.9 Å². The Morgan fingerprint density at radius 3 is 2.67 bits per heavy atom. The van der Waals surface area contributed by atoms with Gasteiger partial charge in [-0.25, -0.2) is 4.79 Å². The maximum absolute atomic E-state index is 11.7. The average Bonchev–Trinajstić information content (AvgIpc) is 2.62. The SMILES string of the molecule is CN(C)CCC(=O)N1CCC[C@H]1C(=O)O. The number of carbonyl (C=O) groups excluding carboxylic acids is 1. The summed E-state index contributed by atoms with van der Waals surface area (Å²) in [6, 6.07) is -0.598. The normalized spacial score (nSPS) is 21.0. The lowest BCUT2D eigenvalue weighted by molar-refractivity contribution is -0.148. The second kappa shape index (κ2) is 5.11. The molecule has 1 aliphatic heterocycles. The second-order valence-electron chi connectivity index (χ2n) is 4.14. The first-order chi connectivity index (χ1) is 7.02. The molecule has 5 heteroatoms. The van der Waals surface area contributed by atoms with Crippen LogP contribution in [-0.4, -0.2) is 60.0 Å². The maximum Gasteiger partial charge on any atom is 0.326 e. The molecule has 1 amide bonds. The van der Waals surface area contributed by atoms with Crippen molar-refractivity contribution in [1.29, 1.82) is 0 Å². The molecule has 0 saturated carbocycles. The standard InChI is InChI=1S/C10H18N2O3/c1-11(2)7-5-9(13)12-6-3-4-8(12)10(14)15/h8H,3-7H2,1-2H3,(H,14,15)/t8-/m0/s1. The summed E-state index contributed by atoms with van der Waals surface area (Å²) >= 11 is 0. The zero-order valence-corrected chi connectivity index (χ0v) is 9.27. The number of hydrogen-bond acceptors (Lipinski definition) is 3. The van der Waals surface area contributed by atoms with Crippen LogP contribution >= 0.6 is 0 Å². The van der Waals surface area contributed by atoms with Gasteiger partial charge in [0.2, 0.25) is 5.91 Å². The van der Waals surface area contributed by atoms with Crippen LogP contribution in [0.4, 0.5) is 0 Å². The molecule has 86 valence electrons. The molecule has 0 aromatic heterocycles. The highest BCUT2D eigenvalue weighted by molar-refractivity contribution is 5.84. The number of likely N-dealkylation sites (tertiary alicyclic amines) is 1. The Hall–Kier alpha value is -1.10. The Morgan fingerprint density at radius 1 is 1.47 bits per heavy atom. The van der Waals surface area contributed by atoms with Crippen LogP contribution in [0.25, 0.3) is 0 Å². The van der Waals surface area contributed by atoms with E-state index < -0.39 is 12.0 Å². The third-order valence-corrected chi connectivity index (χ3v) is 2.63. The third-order valence-electron chi connectivity index (χ3n) is 2.63. The van der Waals surface area contributed by atoms with Crippen molar-refractivity contribution in [3.05, 3.63) is 0 Å². The molecule has 1 N–H and O–H groups in total. The molecule has 1 aliphatic rings. The van der Waals surface area contributed by atoms with E-state index in [0.717, 1.165) is 6.42 Å². The molecule has 1 fully saturated rings. The fourth-order valence-electron chi connectivity index (χ4n) is 1.78. The number of hydrogen-bond donors (Lipinski definition) is 1. The van der Waals surface area contributed by atoms with Gasteiger partial charge >= 0.3 is 5.97 Å². The van der Waals surface area contributed by atoms with Crippen molar-refractivity contribution in [2.75, 3.05) is 27.2 Å². The van der Waals surface area contributed by atoms with Crippen molar-refractivity contribution < 1.29 is 14.7 Å². The predicted octanol–water partition coefficient (Wildman–Crippen LogP) is 0.0137. The van der Waals surface area contributed by atoms with Crippen LogP contribution in [0.3, 0.4) is 0 Å². The summed E-state index contributed by atoms with van der Waals surface area (Å²) in [6.45, 7) is 1.25. The summed E-state index contributed by atoms with van der Waals surface area (Å²) < 4.78 is 0. The molecule has 1 saturated heterocycles. The van der Waals surface area contributed by atoms with Gasteiger partial charge in [0.05, 0.1) is 0 Å². The lowest BCUT2D eigenvalue weighted by Crippen LogP contribution is -2.41. The number of rotatable bonds is 4. The molecule has 5 nitrogen and oxygen atoms in total. The van der Waals surface area contributed by atoms with Gasteiger partial charge in [0.15, 0.2) is 0 Å². The van der Waals surface area contributed by atoms with Crippen molar-refractivity contribution in [3.8, 4) is 0 Å². The van der Waals surface area contributed by atoms with E-state index in [1.54, 1.807) is 0 Å². The van der Waals surface area contributed by atoms with Gasteiger partial charge in [0.1, 0.15) is 6.04 Å². The van der Waals surface area contributed by atoms with Crippen LogP contribution in [0, 0.1) is 0 Å². The van der Waals surface area contributed by atoms with Crippen LogP contribution in [0.5, 0.6) is 0 Å². The second-order valence-corrected chi connectivity index (χ2v) is 4.14. The van der Waals surface area contributed by atoms with Gasteiger partial charge in [-0.2, -0.15) is 0 Å². The third kappa shape index (κ3) is 3.20. The number of aliphatic carboxylic acids is 1. The number of carboxylic acids is 1. The zero-order valence-electron chi connectivity index (χ0n) is 9.27. The van der Waals surface area contributed by atoms with Crippen LogP contribution in [-0.2, 0) is 9.59 Å². The van der Waals surface area contributed by atoms with Crippen molar-refractivity contribution >= 4 is 11.9 Å². The quantitative estimate of drug-likeness (QED) is 0.716. The first kappa shape index (κ1) is 12.0. The molecule has 0 aromatic carbocycles. The molecule has 1 atom stereocenters. The lowest BCUT2D eigenvalue weighted by Gasteiger charge is -2.22. The van der Waals surface area contributed by atoms with Gasteiger partial charge < -0.3 is 14.9 Å². The minimum Gasteiger partial charge on any atom is -0.480 e. The Kier molecular flexibility index (Phi) is 4.08. The van der Waals surface area contributed by atoms with Crippen molar-refractivity contribution in [1.82, 2.24) is 9.80 Å². The van der Waals surface area contributed by atoms with Gasteiger partial charge in [-0.15, -0.1) is 0 Å². The number of carboxylic acid groups (broad SMARTS) is 1. The largest absolute Gasteiger partial charge is 0.480 e. The Morgan fingerprint density at radius 2 is 2.13 bits per heavy atom. The van der Waals surface area contributed by atoms with Gasteiger partial charge in [-0.3, -0.25) is 4.79 Å². The summed E-state index contributed by atoms with van der Waals surface area (Å²) in [7, 11) is 3.79. The Balaban J connectivity index is 2.47. The number of carbonyl (C=O) groups is 2. The van der Waals surface area contributed by atoms with Crippen molar-refractivity contribution in [2.24, 2.45) is 0 Å².